The van der Waals surface area contributed by atoms with E-state index in [4.69, 9.17) is 0 Å². The van der Waals surface area contributed by atoms with E-state index in [2.05, 4.69) is 20.9 Å². The number of hydrogen-bond acceptors (Lipinski definition) is 1. The number of halogens is 4. The molecule has 3 rings (SSSR count). The zero-order chi connectivity index (χ0) is 14.3. The Hall–Kier alpha value is -1.30. The van der Waals surface area contributed by atoms with E-state index in [0.29, 0.717) is 5.82 Å². The fourth-order valence-electron chi connectivity index (χ4n) is 2.12. The van der Waals surface area contributed by atoms with Crippen LogP contribution in [0.25, 0.3) is 11.4 Å². The van der Waals surface area contributed by atoms with E-state index < -0.39 is 11.9 Å². The summed E-state index contributed by atoms with van der Waals surface area (Å²) in [5, 5.41) is 0.720. The van der Waals surface area contributed by atoms with Crippen LogP contribution in [0.3, 0.4) is 0 Å². The van der Waals surface area contributed by atoms with Gasteiger partial charge < -0.3 is 4.57 Å². The highest BCUT2D eigenvalue weighted by atomic mass is 79.9. The predicted octanol–water partition coefficient (Wildman–Crippen LogP) is 4.80. The molecule has 0 aliphatic heterocycles. The van der Waals surface area contributed by atoms with Crippen LogP contribution in [0, 0.1) is 0 Å². The highest BCUT2D eigenvalue weighted by molar-refractivity contribution is 9.08. The summed E-state index contributed by atoms with van der Waals surface area (Å²) in [7, 11) is 0. The number of nitrogens with zero attached hydrogens (tertiary/aromatic N) is 2. The van der Waals surface area contributed by atoms with Gasteiger partial charge in [-0.3, -0.25) is 0 Å². The molecule has 0 amide bonds. The molecule has 20 heavy (non-hydrogen) atoms. The largest absolute Gasteiger partial charge is 0.434 e. The van der Waals surface area contributed by atoms with Gasteiger partial charge in [0.25, 0.3) is 0 Å². The lowest BCUT2D eigenvalue weighted by molar-refractivity contribution is -0.140. The molecular weight excluding hydrogens is 333 g/mol. The zero-order valence-corrected chi connectivity index (χ0v) is 12.1. The van der Waals surface area contributed by atoms with Gasteiger partial charge in [0.05, 0.1) is 0 Å². The molecule has 1 aromatic heterocycles. The fraction of sp³-hybridized carbons (Fsp3) is 0.357. The lowest BCUT2D eigenvalue weighted by Gasteiger charge is -2.06. The number of benzene rings is 1. The average molecular weight is 345 g/mol. The van der Waals surface area contributed by atoms with E-state index in [1.807, 2.05) is 24.3 Å². The maximum Gasteiger partial charge on any atom is 0.434 e. The molecule has 1 heterocycles. The van der Waals surface area contributed by atoms with Gasteiger partial charge in [-0.1, -0.05) is 40.2 Å². The van der Waals surface area contributed by atoms with Crippen LogP contribution in [0.5, 0.6) is 0 Å². The monoisotopic (exact) mass is 344 g/mol. The van der Waals surface area contributed by atoms with Gasteiger partial charge >= 0.3 is 6.18 Å². The van der Waals surface area contributed by atoms with Gasteiger partial charge in [0.2, 0.25) is 0 Å². The van der Waals surface area contributed by atoms with Crippen molar-refractivity contribution in [2.75, 3.05) is 0 Å². The minimum absolute atomic E-state index is 0.157. The Bertz CT molecular complexity index is 612. The minimum Gasteiger partial charge on any atom is -0.327 e. The first kappa shape index (κ1) is 13.7. The van der Waals surface area contributed by atoms with Gasteiger partial charge in [-0.2, -0.15) is 13.2 Å². The minimum atomic E-state index is -4.40. The van der Waals surface area contributed by atoms with Crippen molar-refractivity contribution in [1.29, 1.82) is 0 Å². The molecule has 6 heteroatoms. The highest BCUT2D eigenvalue weighted by Gasteiger charge is 2.37. The lowest BCUT2D eigenvalue weighted by atomic mass is 10.1. The molecule has 2 aromatic rings. The van der Waals surface area contributed by atoms with Crippen molar-refractivity contribution < 1.29 is 13.2 Å². The number of hydrogen-bond donors (Lipinski definition) is 0. The van der Waals surface area contributed by atoms with Crippen molar-refractivity contribution in [3.63, 3.8) is 0 Å². The van der Waals surface area contributed by atoms with E-state index in [0.717, 1.165) is 35.5 Å². The molecule has 1 aliphatic rings. The van der Waals surface area contributed by atoms with Crippen molar-refractivity contribution in [3.8, 4) is 11.4 Å². The molecule has 0 saturated heterocycles. The van der Waals surface area contributed by atoms with Crippen molar-refractivity contribution >= 4 is 15.9 Å². The van der Waals surface area contributed by atoms with E-state index >= 15 is 0 Å². The second-order valence-electron chi connectivity index (χ2n) is 4.92. The number of aromatic nitrogens is 2. The van der Waals surface area contributed by atoms with Crippen LogP contribution >= 0.6 is 15.9 Å². The second kappa shape index (κ2) is 4.91. The Labute approximate surface area is 122 Å². The predicted molar refractivity (Wildman–Crippen MR) is 73.6 cm³/mol. The van der Waals surface area contributed by atoms with E-state index in [1.165, 1.54) is 0 Å². The Kier molecular flexibility index (Phi) is 3.36. The molecule has 1 aliphatic carbocycles. The zero-order valence-electron chi connectivity index (χ0n) is 10.5. The summed E-state index contributed by atoms with van der Waals surface area (Å²) in [5.41, 5.74) is 0.982. The van der Waals surface area contributed by atoms with Gasteiger partial charge in [0, 0.05) is 23.1 Å². The van der Waals surface area contributed by atoms with Crippen LogP contribution in [-0.4, -0.2) is 9.55 Å². The maximum absolute atomic E-state index is 12.8. The normalized spacial score (nSPS) is 15.6. The summed E-state index contributed by atoms with van der Waals surface area (Å²) in [4.78, 5) is 3.79. The second-order valence-corrected chi connectivity index (χ2v) is 5.48. The lowest BCUT2D eigenvalue weighted by Crippen LogP contribution is -2.05. The van der Waals surface area contributed by atoms with Crippen LogP contribution in [0.1, 0.15) is 30.1 Å². The van der Waals surface area contributed by atoms with E-state index in [1.54, 1.807) is 4.57 Å². The molecular formula is C14H12BrF3N2. The molecule has 1 aromatic carbocycles. The standard InChI is InChI=1S/C14H12BrF3N2/c15-7-9-1-3-10(4-2-9)13-19-12(14(16,17)18)8-20(13)11-5-6-11/h1-4,8,11H,5-7H2. The Morgan fingerprint density at radius 3 is 2.35 bits per heavy atom. The molecule has 1 fully saturated rings. The van der Waals surface area contributed by atoms with Crippen molar-refractivity contribution in [2.45, 2.75) is 30.4 Å². The van der Waals surface area contributed by atoms with Crippen molar-refractivity contribution in [3.05, 3.63) is 41.7 Å². The summed E-state index contributed by atoms with van der Waals surface area (Å²) >= 11 is 3.35. The molecule has 0 bridgehead atoms. The number of imidazole rings is 1. The third-order valence-electron chi connectivity index (χ3n) is 3.33. The van der Waals surface area contributed by atoms with Crippen molar-refractivity contribution in [2.24, 2.45) is 0 Å². The van der Waals surface area contributed by atoms with E-state index in [9.17, 15) is 13.2 Å². The van der Waals surface area contributed by atoms with Gasteiger partial charge in [0.15, 0.2) is 5.69 Å². The number of alkyl halides is 4. The molecule has 0 unspecified atom stereocenters. The first-order chi connectivity index (χ1) is 9.49. The third kappa shape index (κ3) is 2.61. The van der Waals surface area contributed by atoms with Gasteiger partial charge in [0.1, 0.15) is 5.82 Å². The number of rotatable bonds is 3. The topological polar surface area (TPSA) is 17.8 Å². The quantitative estimate of drug-likeness (QED) is 0.731. The molecule has 0 N–H and O–H groups in total. The Morgan fingerprint density at radius 1 is 1.20 bits per heavy atom. The summed E-state index contributed by atoms with van der Waals surface area (Å²) in [6.07, 6.45) is -1.43. The first-order valence-electron chi connectivity index (χ1n) is 6.30. The van der Waals surface area contributed by atoms with E-state index in [-0.39, 0.29) is 6.04 Å². The molecule has 0 atom stereocenters. The summed E-state index contributed by atoms with van der Waals surface area (Å²) in [6, 6.07) is 7.58. The smallest absolute Gasteiger partial charge is 0.327 e. The highest BCUT2D eigenvalue weighted by Crippen LogP contribution is 2.40. The maximum atomic E-state index is 12.8. The van der Waals surface area contributed by atoms with Crippen LogP contribution in [0.2, 0.25) is 0 Å². The van der Waals surface area contributed by atoms with Crippen LogP contribution in [0.15, 0.2) is 30.5 Å². The van der Waals surface area contributed by atoms with Crippen LogP contribution < -0.4 is 0 Å². The van der Waals surface area contributed by atoms with Crippen LogP contribution in [0.4, 0.5) is 13.2 Å². The van der Waals surface area contributed by atoms with Gasteiger partial charge in [-0.25, -0.2) is 4.98 Å². The fourth-order valence-corrected chi connectivity index (χ4v) is 2.49. The first-order valence-corrected chi connectivity index (χ1v) is 7.42. The molecule has 1 saturated carbocycles. The molecule has 2 nitrogen and oxygen atoms in total. The average Bonchev–Trinajstić information content (AvgIpc) is 3.16. The van der Waals surface area contributed by atoms with Crippen LogP contribution in [-0.2, 0) is 11.5 Å². The summed E-state index contributed by atoms with van der Waals surface area (Å²) in [5.74, 6) is 0.404. The SMILES string of the molecule is FC(F)(F)c1cn(C2CC2)c(-c2ccc(CBr)cc2)n1. The molecule has 106 valence electrons. The third-order valence-corrected chi connectivity index (χ3v) is 3.98. The summed E-state index contributed by atoms with van der Waals surface area (Å²) < 4.78 is 40.1. The van der Waals surface area contributed by atoms with Gasteiger partial charge in [-0.15, -0.1) is 0 Å². The Balaban J connectivity index is 2.04. The van der Waals surface area contributed by atoms with Crippen molar-refractivity contribution in [1.82, 2.24) is 9.55 Å². The summed E-state index contributed by atoms with van der Waals surface area (Å²) in [6.45, 7) is 0. The van der Waals surface area contributed by atoms with Gasteiger partial charge in [-0.05, 0) is 18.4 Å². The molecule has 0 spiro atoms. The Morgan fingerprint density at radius 2 is 1.85 bits per heavy atom. The molecule has 0 radical (unpaired) electrons.